The van der Waals surface area contributed by atoms with E-state index in [9.17, 15) is 4.39 Å². The molecule has 0 saturated carbocycles. The molecule has 1 heteroatoms. The Kier molecular flexibility index (Phi) is 3.68. The zero-order chi connectivity index (χ0) is 10.7. The molecule has 1 aromatic carbocycles. The topological polar surface area (TPSA) is 0 Å². The standard InChI is InChI=1S/C13H19F/c1-5-10-7-12(9(3)4)13(14)8-11(10)6-2/h7-9H,5-6H2,1-4H3. The Labute approximate surface area is 86.2 Å². The monoisotopic (exact) mass is 194 g/mol. The second-order valence-corrected chi connectivity index (χ2v) is 4.00. The van der Waals surface area contributed by atoms with Crippen molar-refractivity contribution in [2.75, 3.05) is 0 Å². The van der Waals surface area contributed by atoms with Gasteiger partial charge in [-0.2, -0.15) is 0 Å². The molecule has 0 atom stereocenters. The molecule has 1 aromatic rings. The van der Waals surface area contributed by atoms with E-state index in [1.165, 1.54) is 5.56 Å². The van der Waals surface area contributed by atoms with Gasteiger partial charge in [-0.05, 0) is 41.5 Å². The van der Waals surface area contributed by atoms with Gasteiger partial charge in [0.1, 0.15) is 5.82 Å². The predicted molar refractivity (Wildman–Crippen MR) is 59.2 cm³/mol. The quantitative estimate of drug-likeness (QED) is 0.680. The van der Waals surface area contributed by atoms with E-state index >= 15 is 0 Å². The Morgan fingerprint density at radius 3 is 2.00 bits per heavy atom. The van der Waals surface area contributed by atoms with E-state index in [0.717, 1.165) is 24.0 Å². The third-order valence-corrected chi connectivity index (χ3v) is 2.70. The van der Waals surface area contributed by atoms with Gasteiger partial charge in [0.05, 0.1) is 0 Å². The van der Waals surface area contributed by atoms with Gasteiger partial charge >= 0.3 is 0 Å². The smallest absolute Gasteiger partial charge is 0.126 e. The van der Waals surface area contributed by atoms with Crippen LogP contribution in [0.15, 0.2) is 12.1 Å². The highest BCUT2D eigenvalue weighted by Gasteiger charge is 2.10. The summed E-state index contributed by atoms with van der Waals surface area (Å²) in [4.78, 5) is 0. The fourth-order valence-electron chi connectivity index (χ4n) is 1.78. The van der Waals surface area contributed by atoms with E-state index in [0.29, 0.717) is 0 Å². The summed E-state index contributed by atoms with van der Waals surface area (Å²) >= 11 is 0. The highest BCUT2D eigenvalue weighted by atomic mass is 19.1. The molecule has 0 fully saturated rings. The van der Waals surface area contributed by atoms with Gasteiger partial charge in [0.25, 0.3) is 0 Å². The summed E-state index contributed by atoms with van der Waals surface area (Å²) < 4.78 is 13.6. The first-order valence-electron chi connectivity index (χ1n) is 5.41. The van der Waals surface area contributed by atoms with Crippen LogP contribution in [0.1, 0.15) is 50.3 Å². The molecule has 0 spiro atoms. The Hall–Kier alpha value is -0.850. The lowest BCUT2D eigenvalue weighted by Crippen LogP contribution is -1.99. The molecule has 78 valence electrons. The normalized spacial score (nSPS) is 11.0. The fourth-order valence-corrected chi connectivity index (χ4v) is 1.78. The van der Waals surface area contributed by atoms with Crippen LogP contribution in [0.25, 0.3) is 0 Å². The third kappa shape index (κ3) is 2.14. The lowest BCUT2D eigenvalue weighted by Gasteiger charge is -2.12. The molecule has 0 nitrogen and oxygen atoms in total. The van der Waals surface area contributed by atoms with Crippen LogP contribution in [0.5, 0.6) is 0 Å². The molecule has 0 amide bonds. The zero-order valence-electron chi connectivity index (χ0n) is 9.52. The Bertz CT molecular complexity index is 313. The molecule has 0 radical (unpaired) electrons. The van der Waals surface area contributed by atoms with Gasteiger partial charge in [-0.25, -0.2) is 4.39 Å². The predicted octanol–water partition coefficient (Wildman–Crippen LogP) is 4.07. The first kappa shape index (κ1) is 11.2. The number of halogens is 1. The van der Waals surface area contributed by atoms with E-state index in [1.807, 2.05) is 19.9 Å². The second kappa shape index (κ2) is 4.59. The van der Waals surface area contributed by atoms with Gasteiger partial charge < -0.3 is 0 Å². The average molecular weight is 194 g/mol. The molecule has 0 aromatic heterocycles. The number of hydrogen-bond donors (Lipinski definition) is 0. The van der Waals surface area contributed by atoms with Crippen molar-refractivity contribution < 1.29 is 4.39 Å². The van der Waals surface area contributed by atoms with Crippen molar-refractivity contribution in [3.8, 4) is 0 Å². The maximum atomic E-state index is 13.6. The van der Waals surface area contributed by atoms with Crippen LogP contribution in [0.4, 0.5) is 4.39 Å². The first-order chi connectivity index (χ1) is 6.60. The minimum Gasteiger partial charge on any atom is -0.207 e. The SMILES string of the molecule is CCc1cc(F)c(C(C)C)cc1CC. The van der Waals surface area contributed by atoms with E-state index < -0.39 is 0 Å². The lowest BCUT2D eigenvalue weighted by molar-refractivity contribution is 0.595. The number of benzene rings is 1. The highest BCUT2D eigenvalue weighted by molar-refractivity contribution is 5.34. The maximum Gasteiger partial charge on any atom is 0.126 e. The maximum absolute atomic E-state index is 13.6. The number of rotatable bonds is 3. The molecule has 0 saturated heterocycles. The summed E-state index contributed by atoms with van der Waals surface area (Å²) in [6, 6.07) is 3.73. The Balaban J connectivity index is 3.23. The van der Waals surface area contributed by atoms with Crippen molar-refractivity contribution in [1.82, 2.24) is 0 Å². The van der Waals surface area contributed by atoms with Crippen LogP contribution in [-0.2, 0) is 12.8 Å². The van der Waals surface area contributed by atoms with Gasteiger partial charge in [-0.15, -0.1) is 0 Å². The summed E-state index contributed by atoms with van der Waals surface area (Å²) in [7, 11) is 0. The van der Waals surface area contributed by atoms with Crippen molar-refractivity contribution in [3.05, 3.63) is 34.6 Å². The van der Waals surface area contributed by atoms with E-state index in [1.54, 1.807) is 6.07 Å². The lowest BCUT2D eigenvalue weighted by atomic mass is 9.94. The molecule has 0 unspecified atom stereocenters. The third-order valence-electron chi connectivity index (χ3n) is 2.70. The van der Waals surface area contributed by atoms with Crippen LogP contribution in [-0.4, -0.2) is 0 Å². The zero-order valence-corrected chi connectivity index (χ0v) is 9.52. The van der Waals surface area contributed by atoms with E-state index in [4.69, 9.17) is 0 Å². The molecule has 0 aliphatic rings. The van der Waals surface area contributed by atoms with E-state index in [-0.39, 0.29) is 11.7 Å². The van der Waals surface area contributed by atoms with Crippen LogP contribution < -0.4 is 0 Å². The molecule has 0 heterocycles. The van der Waals surface area contributed by atoms with Crippen LogP contribution in [0, 0.1) is 5.82 Å². The minimum atomic E-state index is -0.0472. The molecule has 0 bridgehead atoms. The molecular formula is C13H19F. The Morgan fingerprint density at radius 1 is 1.07 bits per heavy atom. The average Bonchev–Trinajstić information content (AvgIpc) is 2.16. The fraction of sp³-hybridized carbons (Fsp3) is 0.538. The Morgan fingerprint density at radius 2 is 1.57 bits per heavy atom. The van der Waals surface area contributed by atoms with Crippen LogP contribution >= 0.6 is 0 Å². The number of aryl methyl sites for hydroxylation is 2. The van der Waals surface area contributed by atoms with Crippen molar-refractivity contribution in [1.29, 1.82) is 0 Å². The molecule has 0 aliphatic heterocycles. The van der Waals surface area contributed by atoms with Crippen LogP contribution in [0.2, 0.25) is 0 Å². The van der Waals surface area contributed by atoms with Gasteiger partial charge in [0.2, 0.25) is 0 Å². The summed E-state index contributed by atoms with van der Waals surface area (Å²) in [6.07, 6.45) is 1.90. The van der Waals surface area contributed by atoms with Gasteiger partial charge in [-0.1, -0.05) is 33.8 Å². The van der Waals surface area contributed by atoms with E-state index in [2.05, 4.69) is 13.8 Å². The molecule has 14 heavy (non-hydrogen) atoms. The molecule has 0 aliphatic carbocycles. The minimum absolute atomic E-state index is 0.0472. The van der Waals surface area contributed by atoms with Gasteiger partial charge in [0, 0.05) is 0 Å². The molecule has 0 N–H and O–H groups in total. The largest absolute Gasteiger partial charge is 0.207 e. The van der Waals surface area contributed by atoms with Crippen molar-refractivity contribution in [3.63, 3.8) is 0 Å². The van der Waals surface area contributed by atoms with Gasteiger partial charge in [-0.3, -0.25) is 0 Å². The van der Waals surface area contributed by atoms with Crippen molar-refractivity contribution in [2.24, 2.45) is 0 Å². The summed E-state index contributed by atoms with van der Waals surface area (Å²) in [6.45, 7) is 8.26. The first-order valence-corrected chi connectivity index (χ1v) is 5.41. The summed E-state index contributed by atoms with van der Waals surface area (Å²) in [5, 5.41) is 0. The summed E-state index contributed by atoms with van der Waals surface area (Å²) in [5.41, 5.74) is 3.28. The molecular weight excluding hydrogens is 175 g/mol. The number of hydrogen-bond acceptors (Lipinski definition) is 0. The van der Waals surface area contributed by atoms with Crippen molar-refractivity contribution >= 4 is 0 Å². The highest BCUT2D eigenvalue weighted by Crippen LogP contribution is 2.23. The second-order valence-electron chi connectivity index (χ2n) is 4.00. The van der Waals surface area contributed by atoms with Crippen molar-refractivity contribution in [2.45, 2.75) is 46.5 Å². The van der Waals surface area contributed by atoms with Crippen LogP contribution in [0.3, 0.4) is 0 Å². The van der Waals surface area contributed by atoms with Gasteiger partial charge in [0.15, 0.2) is 0 Å². The summed E-state index contributed by atoms with van der Waals surface area (Å²) in [5.74, 6) is 0.222. The molecule has 1 rings (SSSR count).